The minimum Gasteiger partial charge on any atom is -0.389 e. The molecular weight excluding hydrogens is 326 g/mol. The van der Waals surface area contributed by atoms with Crippen LogP contribution < -0.4 is 5.73 Å². The van der Waals surface area contributed by atoms with Crippen molar-refractivity contribution in [3.8, 4) is 0 Å². The molecule has 0 spiro atoms. The third-order valence-electron chi connectivity index (χ3n) is 9.33. The first-order chi connectivity index (χ1) is 12.3. The van der Waals surface area contributed by atoms with Gasteiger partial charge in [0.15, 0.2) is 0 Å². The molecule has 4 saturated carbocycles. The molecule has 7 atom stereocenters. The first kappa shape index (κ1) is 18.9. The lowest BCUT2D eigenvalue weighted by molar-refractivity contribution is -0.176. The van der Waals surface area contributed by atoms with Gasteiger partial charge >= 0.3 is 0 Å². The maximum Gasteiger partial charge on any atom is 0.133 e. The topological polar surface area (TPSA) is 72.5 Å². The smallest absolute Gasteiger partial charge is 0.133 e. The van der Waals surface area contributed by atoms with Crippen molar-refractivity contribution in [2.75, 3.05) is 19.8 Å². The summed E-state index contributed by atoms with van der Waals surface area (Å²) in [7, 11) is 0. The zero-order chi connectivity index (χ0) is 18.6. The van der Waals surface area contributed by atoms with E-state index in [9.17, 15) is 9.90 Å². The van der Waals surface area contributed by atoms with Gasteiger partial charge < -0.3 is 15.6 Å². The fraction of sp³-hybridized carbons (Fsp3) is 0.955. The highest BCUT2D eigenvalue weighted by Crippen LogP contribution is 2.68. The lowest BCUT2D eigenvalue weighted by Crippen LogP contribution is -2.58. The number of Topliss-reactive ketones (excluding diaryl/α,β-unsaturated/α-hetero) is 1. The predicted octanol–water partition coefficient (Wildman–Crippen LogP) is 3.30. The van der Waals surface area contributed by atoms with Gasteiger partial charge in [-0.15, -0.1) is 0 Å². The van der Waals surface area contributed by atoms with E-state index in [0.29, 0.717) is 48.7 Å². The van der Waals surface area contributed by atoms with Gasteiger partial charge in [0.2, 0.25) is 0 Å². The SMILES string of the molecule is C[C@]12CCC(=O)CC1CC[C@H]1[C@@H]3CC[C@](C)(O)[C@@]3(COCCN)CC[C@@H]12. The molecule has 4 aliphatic carbocycles. The molecule has 3 N–H and O–H groups in total. The third kappa shape index (κ3) is 2.62. The van der Waals surface area contributed by atoms with Crippen LogP contribution in [0.5, 0.6) is 0 Å². The fourth-order valence-corrected chi connectivity index (χ4v) is 7.78. The number of hydrogen-bond acceptors (Lipinski definition) is 4. The normalized spacial score (nSPS) is 50.8. The highest BCUT2D eigenvalue weighted by Gasteiger charge is 2.65. The number of aliphatic hydroxyl groups is 1. The Hall–Kier alpha value is -0.450. The van der Waals surface area contributed by atoms with Crippen molar-refractivity contribution in [3.63, 3.8) is 0 Å². The van der Waals surface area contributed by atoms with E-state index in [4.69, 9.17) is 10.5 Å². The summed E-state index contributed by atoms with van der Waals surface area (Å²) in [5.41, 5.74) is 5.24. The lowest BCUT2D eigenvalue weighted by atomic mass is 9.44. The van der Waals surface area contributed by atoms with E-state index in [1.54, 1.807) is 0 Å². The molecule has 4 aliphatic rings. The summed E-state index contributed by atoms with van der Waals surface area (Å²) in [6.07, 6.45) is 9.37. The van der Waals surface area contributed by atoms with E-state index in [-0.39, 0.29) is 5.41 Å². The number of fused-ring (bicyclic) bond motifs is 5. The molecule has 4 nitrogen and oxygen atoms in total. The van der Waals surface area contributed by atoms with Crippen molar-refractivity contribution < 1.29 is 14.6 Å². The van der Waals surface area contributed by atoms with Crippen LogP contribution in [-0.4, -0.2) is 36.2 Å². The van der Waals surface area contributed by atoms with Crippen LogP contribution in [0.3, 0.4) is 0 Å². The molecule has 0 aromatic rings. The Bertz CT molecular complexity index is 562. The Balaban J connectivity index is 1.60. The summed E-state index contributed by atoms with van der Waals surface area (Å²) in [5.74, 6) is 3.04. The van der Waals surface area contributed by atoms with Gasteiger partial charge in [-0.1, -0.05) is 6.92 Å². The van der Waals surface area contributed by atoms with Gasteiger partial charge in [-0.2, -0.15) is 0 Å². The Labute approximate surface area is 158 Å². The van der Waals surface area contributed by atoms with Gasteiger partial charge in [-0.05, 0) is 81.0 Å². The summed E-state index contributed by atoms with van der Waals surface area (Å²) in [5, 5.41) is 11.3. The number of ether oxygens (including phenoxy) is 1. The van der Waals surface area contributed by atoms with Crippen molar-refractivity contribution in [2.45, 2.75) is 77.2 Å². The first-order valence-electron chi connectivity index (χ1n) is 10.9. The molecule has 0 aliphatic heterocycles. The molecule has 4 heteroatoms. The summed E-state index contributed by atoms with van der Waals surface area (Å²) in [4.78, 5) is 12.0. The molecule has 148 valence electrons. The number of ketones is 1. The summed E-state index contributed by atoms with van der Waals surface area (Å²) in [6, 6.07) is 0. The van der Waals surface area contributed by atoms with E-state index in [1.807, 2.05) is 6.92 Å². The average molecular weight is 364 g/mol. The lowest BCUT2D eigenvalue weighted by Gasteiger charge is -2.61. The molecule has 0 heterocycles. The highest BCUT2D eigenvalue weighted by molar-refractivity contribution is 5.79. The van der Waals surface area contributed by atoms with Gasteiger partial charge in [0, 0.05) is 24.8 Å². The van der Waals surface area contributed by atoms with Crippen molar-refractivity contribution in [1.29, 1.82) is 0 Å². The first-order valence-corrected chi connectivity index (χ1v) is 10.9. The quantitative estimate of drug-likeness (QED) is 0.752. The molecule has 4 rings (SSSR count). The summed E-state index contributed by atoms with van der Waals surface area (Å²) in [6.45, 7) is 6.31. The van der Waals surface area contributed by atoms with Crippen molar-refractivity contribution in [3.05, 3.63) is 0 Å². The maximum absolute atomic E-state index is 12.0. The number of hydrogen-bond donors (Lipinski definition) is 2. The second-order valence-corrected chi connectivity index (χ2v) is 10.2. The Morgan fingerprint density at radius 1 is 1.12 bits per heavy atom. The van der Waals surface area contributed by atoms with Crippen molar-refractivity contribution in [2.24, 2.45) is 40.2 Å². The van der Waals surface area contributed by atoms with Crippen LogP contribution in [0.2, 0.25) is 0 Å². The molecule has 0 aromatic carbocycles. The molecule has 0 radical (unpaired) electrons. The second-order valence-electron chi connectivity index (χ2n) is 10.2. The van der Waals surface area contributed by atoms with Crippen LogP contribution in [0.25, 0.3) is 0 Å². The zero-order valence-electron chi connectivity index (χ0n) is 16.6. The highest BCUT2D eigenvalue weighted by atomic mass is 16.5. The van der Waals surface area contributed by atoms with Crippen LogP contribution >= 0.6 is 0 Å². The van der Waals surface area contributed by atoms with Gasteiger partial charge in [0.1, 0.15) is 5.78 Å². The summed E-state index contributed by atoms with van der Waals surface area (Å²) < 4.78 is 5.96. The van der Waals surface area contributed by atoms with Gasteiger partial charge in [-0.25, -0.2) is 0 Å². The Morgan fingerprint density at radius 3 is 2.65 bits per heavy atom. The maximum atomic E-state index is 12.0. The zero-order valence-corrected chi connectivity index (χ0v) is 16.6. The summed E-state index contributed by atoms with van der Waals surface area (Å²) >= 11 is 0. The molecule has 26 heavy (non-hydrogen) atoms. The largest absolute Gasteiger partial charge is 0.389 e. The minimum atomic E-state index is -0.627. The van der Waals surface area contributed by atoms with E-state index in [0.717, 1.165) is 44.4 Å². The van der Waals surface area contributed by atoms with Crippen LogP contribution in [0.1, 0.15) is 71.6 Å². The molecule has 0 aromatic heterocycles. The van der Waals surface area contributed by atoms with E-state index in [2.05, 4.69) is 6.92 Å². The Kier molecular flexibility index (Phi) is 4.77. The Morgan fingerprint density at radius 2 is 1.88 bits per heavy atom. The molecular formula is C22H37NO3. The second kappa shape index (κ2) is 6.56. The van der Waals surface area contributed by atoms with E-state index >= 15 is 0 Å². The fourth-order valence-electron chi connectivity index (χ4n) is 7.78. The molecule has 0 saturated heterocycles. The average Bonchev–Trinajstić information content (AvgIpc) is 2.87. The van der Waals surface area contributed by atoms with E-state index < -0.39 is 5.60 Å². The minimum absolute atomic E-state index is 0.100. The predicted molar refractivity (Wildman–Crippen MR) is 102 cm³/mol. The molecule has 0 bridgehead atoms. The monoisotopic (exact) mass is 363 g/mol. The van der Waals surface area contributed by atoms with Gasteiger partial charge in [-0.3, -0.25) is 4.79 Å². The van der Waals surface area contributed by atoms with Gasteiger partial charge in [0.25, 0.3) is 0 Å². The van der Waals surface area contributed by atoms with Crippen LogP contribution in [-0.2, 0) is 9.53 Å². The van der Waals surface area contributed by atoms with Gasteiger partial charge in [0.05, 0.1) is 18.8 Å². The van der Waals surface area contributed by atoms with Crippen molar-refractivity contribution >= 4 is 5.78 Å². The number of rotatable bonds is 4. The van der Waals surface area contributed by atoms with Crippen LogP contribution in [0.4, 0.5) is 0 Å². The number of carbonyl (C=O) groups is 1. The van der Waals surface area contributed by atoms with Crippen molar-refractivity contribution in [1.82, 2.24) is 0 Å². The molecule has 1 unspecified atom stereocenters. The van der Waals surface area contributed by atoms with Crippen LogP contribution in [0, 0.1) is 34.5 Å². The standard InChI is InChI=1S/C22H37NO3/c1-20-8-5-16(24)13-15(20)3-4-17-18(20)7-10-22(14-26-12-11-23)19(17)6-9-21(22,2)25/h15,17-19,25H,3-14,23H2,1-2H3/t15?,17-,18+,19+,20+,21+,22-/m1/s1. The number of nitrogens with two attached hydrogens (primary N) is 1. The molecule has 4 fully saturated rings. The third-order valence-corrected chi connectivity index (χ3v) is 9.33. The number of carbonyl (C=O) groups excluding carboxylic acids is 1. The van der Waals surface area contributed by atoms with Crippen LogP contribution in [0.15, 0.2) is 0 Å². The molecule has 0 amide bonds. The van der Waals surface area contributed by atoms with E-state index in [1.165, 1.54) is 19.3 Å².